The molecule has 2 heterocycles. The first-order valence-electron chi connectivity index (χ1n) is 11.0. The molecule has 0 saturated heterocycles. The number of fused-ring (bicyclic) bond motifs is 1. The molecule has 3 rings (SSSR count). The van der Waals surface area contributed by atoms with Gasteiger partial charge in [0.2, 0.25) is 11.1 Å². The van der Waals surface area contributed by atoms with E-state index < -0.39 is 6.04 Å². The highest BCUT2D eigenvalue weighted by Crippen LogP contribution is 2.40. The molecule has 8 heteroatoms. The van der Waals surface area contributed by atoms with E-state index in [1.807, 2.05) is 45.0 Å². The Kier molecular flexibility index (Phi) is 8.01. The van der Waals surface area contributed by atoms with Crippen molar-refractivity contribution in [3.05, 3.63) is 41.1 Å². The van der Waals surface area contributed by atoms with Crippen molar-refractivity contribution in [3.63, 3.8) is 0 Å². The standard InChI is InChI=1S/C23H32N4O3S/c1-6-8-14-31-23-25-22-24-16(5)19(21(28)30-15(3)4)20(27(22)26-23)17-11-9-10-12-18(17)29-13-7-2/h9-12,15,20H,6-8,13-14H2,1-5H3,(H,24,25,26). The van der Waals surface area contributed by atoms with E-state index in [0.29, 0.717) is 29.0 Å². The molecule has 1 unspecified atom stereocenters. The monoisotopic (exact) mass is 444 g/mol. The fourth-order valence-electron chi connectivity index (χ4n) is 3.38. The minimum absolute atomic E-state index is 0.225. The average molecular weight is 445 g/mol. The second-order valence-electron chi connectivity index (χ2n) is 7.77. The predicted molar refractivity (Wildman–Crippen MR) is 124 cm³/mol. The zero-order valence-electron chi connectivity index (χ0n) is 19.0. The highest BCUT2D eigenvalue weighted by molar-refractivity contribution is 7.99. The summed E-state index contributed by atoms with van der Waals surface area (Å²) in [5.41, 5.74) is 2.10. The van der Waals surface area contributed by atoms with Gasteiger partial charge in [-0.15, -0.1) is 5.10 Å². The van der Waals surface area contributed by atoms with Crippen LogP contribution in [0.25, 0.3) is 0 Å². The number of nitrogens with one attached hydrogen (secondary N) is 1. The minimum Gasteiger partial charge on any atom is -0.493 e. The lowest BCUT2D eigenvalue weighted by molar-refractivity contribution is -0.143. The molecule has 0 aliphatic carbocycles. The summed E-state index contributed by atoms with van der Waals surface area (Å²) in [4.78, 5) is 17.8. The highest BCUT2D eigenvalue weighted by Gasteiger charge is 2.37. The van der Waals surface area contributed by atoms with Gasteiger partial charge in [0.1, 0.15) is 11.8 Å². The zero-order chi connectivity index (χ0) is 22.4. The van der Waals surface area contributed by atoms with E-state index in [9.17, 15) is 4.79 Å². The quantitative estimate of drug-likeness (QED) is 0.306. The number of anilines is 1. The number of allylic oxidation sites excluding steroid dienone is 1. The van der Waals surface area contributed by atoms with Gasteiger partial charge in [-0.3, -0.25) is 0 Å². The molecule has 1 aliphatic heterocycles. The molecule has 1 atom stereocenters. The first-order chi connectivity index (χ1) is 15.0. The van der Waals surface area contributed by atoms with Crippen molar-refractivity contribution in [2.45, 2.75) is 71.2 Å². The Labute approximate surface area is 188 Å². The number of unbranched alkanes of at least 4 members (excludes halogenated alkanes) is 1. The van der Waals surface area contributed by atoms with E-state index in [4.69, 9.17) is 14.6 Å². The summed E-state index contributed by atoms with van der Waals surface area (Å²) in [6.07, 6.45) is 2.89. The molecule has 0 fully saturated rings. The summed E-state index contributed by atoms with van der Waals surface area (Å²) in [5.74, 6) is 1.94. The maximum absolute atomic E-state index is 13.1. The number of rotatable bonds is 10. The van der Waals surface area contributed by atoms with Crippen LogP contribution in [0.5, 0.6) is 5.75 Å². The Bertz CT molecular complexity index is 939. The van der Waals surface area contributed by atoms with Crippen LogP contribution >= 0.6 is 11.8 Å². The lowest BCUT2D eigenvalue weighted by Gasteiger charge is -2.29. The third kappa shape index (κ3) is 5.42. The molecule has 0 radical (unpaired) electrons. The Balaban J connectivity index is 2.08. The number of para-hydroxylation sites is 1. The van der Waals surface area contributed by atoms with E-state index >= 15 is 0 Å². The Hall–Kier alpha value is -2.48. The topological polar surface area (TPSA) is 78.3 Å². The van der Waals surface area contributed by atoms with Gasteiger partial charge in [0.25, 0.3) is 0 Å². The molecule has 31 heavy (non-hydrogen) atoms. The number of benzene rings is 1. The normalized spacial score (nSPS) is 15.6. The Morgan fingerprint density at radius 3 is 2.74 bits per heavy atom. The van der Waals surface area contributed by atoms with Crippen molar-refractivity contribution in [2.24, 2.45) is 0 Å². The average Bonchev–Trinajstić information content (AvgIpc) is 3.13. The lowest BCUT2D eigenvalue weighted by atomic mass is 9.95. The molecule has 1 aromatic heterocycles. The highest BCUT2D eigenvalue weighted by atomic mass is 32.2. The summed E-state index contributed by atoms with van der Waals surface area (Å²) >= 11 is 1.63. The molecule has 0 saturated carbocycles. The summed E-state index contributed by atoms with van der Waals surface area (Å²) in [6, 6.07) is 7.31. The predicted octanol–water partition coefficient (Wildman–Crippen LogP) is 5.20. The molecule has 168 valence electrons. The van der Waals surface area contributed by atoms with Gasteiger partial charge in [0.05, 0.1) is 18.3 Å². The van der Waals surface area contributed by atoms with Crippen LogP contribution in [0, 0.1) is 0 Å². The molecule has 0 spiro atoms. The van der Waals surface area contributed by atoms with Crippen LogP contribution in [0.15, 0.2) is 40.7 Å². The van der Waals surface area contributed by atoms with Crippen molar-refractivity contribution in [3.8, 4) is 5.75 Å². The summed E-state index contributed by atoms with van der Waals surface area (Å²) in [5, 5.41) is 8.70. The van der Waals surface area contributed by atoms with E-state index in [1.165, 1.54) is 0 Å². The van der Waals surface area contributed by atoms with E-state index in [0.717, 1.165) is 36.3 Å². The van der Waals surface area contributed by atoms with Gasteiger partial charge in [-0.1, -0.05) is 50.2 Å². The van der Waals surface area contributed by atoms with Gasteiger partial charge in [0, 0.05) is 17.0 Å². The fourth-order valence-corrected chi connectivity index (χ4v) is 4.29. The van der Waals surface area contributed by atoms with Crippen molar-refractivity contribution in [1.82, 2.24) is 14.8 Å². The molecular formula is C23H32N4O3S. The number of esters is 1. The van der Waals surface area contributed by atoms with Crippen molar-refractivity contribution >= 4 is 23.7 Å². The molecule has 1 N–H and O–H groups in total. The summed E-state index contributed by atoms with van der Waals surface area (Å²) in [6.45, 7) is 10.4. The number of carbonyl (C=O) groups is 1. The van der Waals surface area contributed by atoms with Crippen molar-refractivity contribution < 1.29 is 14.3 Å². The maximum atomic E-state index is 13.1. The molecular weight excluding hydrogens is 412 g/mol. The number of ether oxygens (including phenoxy) is 2. The molecule has 1 aromatic carbocycles. The van der Waals surface area contributed by atoms with Crippen LogP contribution in [0.3, 0.4) is 0 Å². The number of hydrogen-bond acceptors (Lipinski definition) is 7. The first-order valence-corrected chi connectivity index (χ1v) is 11.9. The summed E-state index contributed by atoms with van der Waals surface area (Å²) < 4.78 is 13.4. The van der Waals surface area contributed by atoms with Crippen LogP contribution in [0.4, 0.5) is 5.95 Å². The SMILES string of the molecule is CCCCSc1nc2n(n1)C(c1ccccc1OCCC)C(C(=O)OC(C)C)=C(C)N2. The lowest BCUT2D eigenvalue weighted by Crippen LogP contribution is -2.31. The number of thioether (sulfide) groups is 1. The number of hydrogen-bond donors (Lipinski definition) is 1. The van der Waals surface area contributed by atoms with Gasteiger partial charge in [-0.25, -0.2) is 9.48 Å². The second kappa shape index (κ2) is 10.7. The van der Waals surface area contributed by atoms with Crippen LogP contribution < -0.4 is 10.1 Å². The third-order valence-corrected chi connectivity index (χ3v) is 5.72. The van der Waals surface area contributed by atoms with Gasteiger partial charge >= 0.3 is 5.97 Å². The largest absolute Gasteiger partial charge is 0.493 e. The van der Waals surface area contributed by atoms with Crippen LogP contribution in [-0.2, 0) is 9.53 Å². The first kappa shape index (κ1) is 23.2. The van der Waals surface area contributed by atoms with E-state index in [1.54, 1.807) is 16.4 Å². The van der Waals surface area contributed by atoms with Gasteiger partial charge in [-0.2, -0.15) is 4.98 Å². The van der Waals surface area contributed by atoms with Crippen LogP contribution in [0.2, 0.25) is 0 Å². The van der Waals surface area contributed by atoms with Gasteiger partial charge in [0.15, 0.2) is 0 Å². The molecule has 0 amide bonds. The second-order valence-corrected chi connectivity index (χ2v) is 8.83. The van der Waals surface area contributed by atoms with Crippen LogP contribution in [0.1, 0.15) is 65.5 Å². The van der Waals surface area contributed by atoms with E-state index in [-0.39, 0.29) is 12.1 Å². The third-order valence-electron chi connectivity index (χ3n) is 4.80. The Morgan fingerprint density at radius 2 is 2.03 bits per heavy atom. The van der Waals surface area contributed by atoms with Gasteiger partial charge in [-0.05, 0) is 39.7 Å². The maximum Gasteiger partial charge on any atom is 0.338 e. The molecule has 0 bridgehead atoms. The summed E-state index contributed by atoms with van der Waals surface area (Å²) in [7, 11) is 0. The molecule has 2 aromatic rings. The van der Waals surface area contributed by atoms with Gasteiger partial charge < -0.3 is 14.8 Å². The molecule has 1 aliphatic rings. The Morgan fingerprint density at radius 1 is 1.26 bits per heavy atom. The number of nitrogens with zero attached hydrogens (tertiary/aromatic N) is 3. The number of aromatic nitrogens is 3. The minimum atomic E-state index is -0.483. The smallest absolute Gasteiger partial charge is 0.338 e. The van der Waals surface area contributed by atoms with Crippen LogP contribution in [-0.4, -0.2) is 39.2 Å². The zero-order valence-corrected chi connectivity index (χ0v) is 19.8. The fraction of sp³-hybridized carbons (Fsp3) is 0.522. The van der Waals surface area contributed by atoms with E-state index in [2.05, 4.69) is 24.1 Å². The van der Waals surface area contributed by atoms with Crippen molar-refractivity contribution in [2.75, 3.05) is 17.7 Å². The molecule has 7 nitrogen and oxygen atoms in total. The number of carbonyl (C=O) groups excluding carboxylic acids is 1. The van der Waals surface area contributed by atoms with Crippen molar-refractivity contribution in [1.29, 1.82) is 0 Å².